The molecule has 2 aromatic heterocycles. The molecule has 4 aromatic rings. The zero-order chi connectivity index (χ0) is 16.1. The molecule has 2 aromatic carbocycles. The van der Waals surface area contributed by atoms with Gasteiger partial charge in [-0.05, 0) is 37.3 Å². The second kappa shape index (κ2) is 5.06. The van der Waals surface area contributed by atoms with Crippen LogP contribution in [-0.4, -0.2) is 24.8 Å². The summed E-state index contributed by atoms with van der Waals surface area (Å²) in [5.41, 5.74) is 4.32. The second-order valence-electron chi connectivity index (χ2n) is 5.84. The van der Waals surface area contributed by atoms with Crippen molar-refractivity contribution in [3.05, 3.63) is 54.2 Å². The van der Waals surface area contributed by atoms with E-state index in [-0.39, 0.29) is 0 Å². The summed E-state index contributed by atoms with van der Waals surface area (Å²) in [6.45, 7) is 2.08. The molecule has 0 aliphatic rings. The van der Waals surface area contributed by atoms with E-state index in [1.54, 1.807) is 6.26 Å². The van der Waals surface area contributed by atoms with E-state index in [1.165, 1.54) is 5.56 Å². The molecule has 0 fully saturated rings. The fourth-order valence-corrected chi connectivity index (χ4v) is 3.55. The van der Waals surface area contributed by atoms with Crippen molar-refractivity contribution in [1.29, 1.82) is 0 Å². The maximum absolute atomic E-state index is 11.8. The van der Waals surface area contributed by atoms with Crippen molar-refractivity contribution in [2.45, 2.75) is 11.8 Å². The molecule has 0 amide bonds. The minimum Gasteiger partial charge on any atom is -0.292 e. The van der Waals surface area contributed by atoms with Gasteiger partial charge in [-0.2, -0.15) is 5.10 Å². The summed E-state index contributed by atoms with van der Waals surface area (Å²) in [5, 5.41) is 6.79. The van der Waals surface area contributed by atoms with Gasteiger partial charge in [0.2, 0.25) is 0 Å². The number of aryl methyl sites for hydroxylation is 2. The molecule has 1 unspecified atom stereocenters. The van der Waals surface area contributed by atoms with Crippen molar-refractivity contribution in [2.75, 3.05) is 6.26 Å². The van der Waals surface area contributed by atoms with E-state index < -0.39 is 10.8 Å². The van der Waals surface area contributed by atoms with E-state index in [9.17, 15) is 4.21 Å². The third-order valence-electron chi connectivity index (χ3n) is 4.14. The molecule has 0 saturated heterocycles. The Balaban J connectivity index is 2.12. The molecule has 4 rings (SSSR count). The Hall–Kier alpha value is -2.40. The SMILES string of the molecule is Cc1ccc(-n2c3ccc(S(C)=O)cc3c3cn(C)nc32)cc1. The topological polar surface area (TPSA) is 39.8 Å². The number of aromatic nitrogens is 3. The van der Waals surface area contributed by atoms with Crippen LogP contribution < -0.4 is 0 Å². The Kier molecular flexibility index (Phi) is 3.13. The molecule has 2 heterocycles. The smallest absolute Gasteiger partial charge is 0.167 e. The molecule has 0 aliphatic carbocycles. The third kappa shape index (κ3) is 2.19. The number of rotatable bonds is 2. The van der Waals surface area contributed by atoms with Gasteiger partial charge in [0.1, 0.15) is 0 Å². The van der Waals surface area contributed by atoms with Crippen LogP contribution in [0.15, 0.2) is 53.6 Å². The van der Waals surface area contributed by atoms with Gasteiger partial charge in [0, 0.05) is 51.7 Å². The molecule has 1 atom stereocenters. The molecule has 0 radical (unpaired) electrons. The molecule has 0 bridgehead atoms. The van der Waals surface area contributed by atoms with Gasteiger partial charge in [-0.25, -0.2) is 0 Å². The van der Waals surface area contributed by atoms with Gasteiger partial charge in [0.05, 0.1) is 5.52 Å². The number of hydrogen-bond acceptors (Lipinski definition) is 2. The predicted octanol–water partition coefficient (Wildman–Crippen LogP) is 3.56. The summed E-state index contributed by atoms with van der Waals surface area (Å²) < 4.78 is 15.8. The molecule has 116 valence electrons. The van der Waals surface area contributed by atoms with Gasteiger partial charge < -0.3 is 0 Å². The van der Waals surface area contributed by atoms with Crippen molar-refractivity contribution < 1.29 is 4.21 Å². The van der Waals surface area contributed by atoms with Crippen molar-refractivity contribution >= 4 is 32.7 Å². The highest BCUT2D eigenvalue weighted by molar-refractivity contribution is 7.84. The summed E-state index contributed by atoms with van der Waals surface area (Å²) in [6.07, 6.45) is 3.73. The molecular weight excluding hydrogens is 306 g/mol. The van der Waals surface area contributed by atoms with Crippen LogP contribution in [0.4, 0.5) is 0 Å². The molecule has 0 spiro atoms. The maximum Gasteiger partial charge on any atom is 0.167 e. The Morgan fingerprint density at radius 3 is 2.48 bits per heavy atom. The van der Waals surface area contributed by atoms with Crippen LogP contribution in [0.3, 0.4) is 0 Å². The average molecular weight is 323 g/mol. The minimum absolute atomic E-state index is 0.837. The predicted molar refractivity (Wildman–Crippen MR) is 94.6 cm³/mol. The summed E-state index contributed by atoms with van der Waals surface area (Å²) in [6, 6.07) is 14.4. The monoisotopic (exact) mass is 323 g/mol. The zero-order valence-corrected chi connectivity index (χ0v) is 14.1. The lowest BCUT2D eigenvalue weighted by atomic mass is 10.2. The molecule has 0 saturated carbocycles. The summed E-state index contributed by atoms with van der Waals surface area (Å²) in [4.78, 5) is 0.837. The Morgan fingerprint density at radius 1 is 1.04 bits per heavy atom. The van der Waals surface area contributed by atoms with Crippen LogP contribution in [0.5, 0.6) is 0 Å². The highest BCUT2D eigenvalue weighted by atomic mass is 32.2. The lowest BCUT2D eigenvalue weighted by molar-refractivity contribution is 0.687. The van der Waals surface area contributed by atoms with Crippen LogP contribution in [0.1, 0.15) is 5.56 Å². The number of fused-ring (bicyclic) bond motifs is 3. The maximum atomic E-state index is 11.8. The Labute approximate surface area is 136 Å². The highest BCUT2D eigenvalue weighted by Gasteiger charge is 2.16. The van der Waals surface area contributed by atoms with E-state index in [1.807, 2.05) is 36.1 Å². The fourth-order valence-electron chi connectivity index (χ4n) is 3.01. The Morgan fingerprint density at radius 2 is 1.78 bits per heavy atom. The van der Waals surface area contributed by atoms with E-state index in [0.29, 0.717) is 0 Å². The number of hydrogen-bond donors (Lipinski definition) is 0. The molecular formula is C18H17N3OS. The largest absolute Gasteiger partial charge is 0.292 e. The van der Waals surface area contributed by atoms with Crippen LogP contribution in [0, 0.1) is 6.92 Å². The van der Waals surface area contributed by atoms with Crippen molar-refractivity contribution in [3.63, 3.8) is 0 Å². The van der Waals surface area contributed by atoms with Gasteiger partial charge in [-0.3, -0.25) is 13.5 Å². The van der Waals surface area contributed by atoms with Crippen LogP contribution in [0.2, 0.25) is 0 Å². The van der Waals surface area contributed by atoms with E-state index >= 15 is 0 Å². The zero-order valence-electron chi connectivity index (χ0n) is 13.3. The molecule has 4 nitrogen and oxygen atoms in total. The van der Waals surface area contributed by atoms with E-state index in [2.05, 4.69) is 40.9 Å². The molecule has 23 heavy (non-hydrogen) atoms. The molecule has 0 N–H and O–H groups in total. The first-order valence-electron chi connectivity index (χ1n) is 7.43. The average Bonchev–Trinajstić information content (AvgIpc) is 3.03. The Bertz CT molecular complexity index is 1060. The fraction of sp³-hybridized carbons (Fsp3) is 0.167. The van der Waals surface area contributed by atoms with Gasteiger partial charge in [0.25, 0.3) is 0 Å². The van der Waals surface area contributed by atoms with Gasteiger partial charge in [-0.15, -0.1) is 0 Å². The van der Waals surface area contributed by atoms with Crippen LogP contribution in [-0.2, 0) is 17.8 Å². The first kappa shape index (κ1) is 14.2. The summed E-state index contributed by atoms with van der Waals surface area (Å²) in [5.74, 6) is 0. The highest BCUT2D eigenvalue weighted by Crippen LogP contribution is 2.32. The normalized spacial score (nSPS) is 13.0. The van der Waals surface area contributed by atoms with Crippen molar-refractivity contribution in [2.24, 2.45) is 7.05 Å². The standard InChI is InChI=1S/C18H17N3OS/c1-12-4-6-13(7-5-12)21-17-9-8-14(23(3)22)10-15(17)16-11-20(2)19-18(16)21/h4-11H,1-3H3. The number of nitrogens with zero attached hydrogens (tertiary/aromatic N) is 3. The lowest BCUT2D eigenvalue weighted by Gasteiger charge is -2.07. The number of benzene rings is 2. The van der Waals surface area contributed by atoms with Crippen molar-refractivity contribution in [3.8, 4) is 5.69 Å². The van der Waals surface area contributed by atoms with Gasteiger partial charge in [0.15, 0.2) is 5.65 Å². The third-order valence-corrected chi connectivity index (χ3v) is 5.06. The first-order valence-corrected chi connectivity index (χ1v) is 8.99. The van der Waals surface area contributed by atoms with E-state index in [4.69, 9.17) is 0 Å². The first-order chi connectivity index (χ1) is 11.0. The van der Waals surface area contributed by atoms with Gasteiger partial charge >= 0.3 is 0 Å². The molecule has 0 aliphatic heterocycles. The second-order valence-corrected chi connectivity index (χ2v) is 7.22. The van der Waals surface area contributed by atoms with Crippen molar-refractivity contribution in [1.82, 2.24) is 14.3 Å². The van der Waals surface area contributed by atoms with Gasteiger partial charge in [-0.1, -0.05) is 17.7 Å². The molecule has 5 heteroatoms. The lowest BCUT2D eigenvalue weighted by Crippen LogP contribution is -1.97. The van der Waals surface area contributed by atoms with Crippen LogP contribution in [0.25, 0.3) is 27.6 Å². The quantitative estimate of drug-likeness (QED) is 0.566. The summed E-state index contributed by atoms with van der Waals surface area (Å²) in [7, 11) is 0.928. The minimum atomic E-state index is -0.996. The van der Waals surface area contributed by atoms with Crippen LogP contribution >= 0.6 is 0 Å². The van der Waals surface area contributed by atoms with E-state index in [0.717, 1.165) is 32.5 Å². The summed E-state index contributed by atoms with van der Waals surface area (Å²) >= 11 is 0.